The zero-order valence-electron chi connectivity index (χ0n) is 8.59. The number of carbonyl (C=O) groups is 1. The molecule has 4 heteroatoms. The summed E-state index contributed by atoms with van der Waals surface area (Å²) in [7, 11) is 1.33. The third-order valence-electron chi connectivity index (χ3n) is 2.24. The molecule has 0 heterocycles. The molecule has 1 unspecified atom stereocenters. The van der Waals surface area contributed by atoms with Crippen molar-refractivity contribution in [3.8, 4) is 0 Å². The van der Waals surface area contributed by atoms with Crippen molar-refractivity contribution >= 4 is 17.6 Å². The second-order valence-electron chi connectivity index (χ2n) is 3.16. The molecular weight excluding hydrogens is 219 g/mol. The zero-order chi connectivity index (χ0) is 11.4. The van der Waals surface area contributed by atoms with Crippen LogP contribution in [0, 0.1) is 5.82 Å². The molecule has 0 fully saturated rings. The van der Waals surface area contributed by atoms with E-state index in [1.54, 1.807) is 6.07 Å². The van der Waals surface area contributed by atoms with Crippen LogP contribution >= 0.6 is 11.6 Å². The fourth-order valence-corrected chi connectivity index (χ4v) is 1.60. The fraction of sp³-hybridized carbons (Fsp3) is 0.364. The molecule has 0 bridgehead atoms. The first kappa shape index (κ1) is 12.0. The molecule has 82 valence electrons. The van der Waals surface area contributed by atoms with Crippen LogP contribution in [0.15, 0.2) is 18.2 Å². The third-order valence-corrected chi connectivity index (χ3v) is 2.53. The van der Waals surface area contributed by atoms with Crippen LogP contribution in [0.4, 0.5) is 4.39 Å². The van der Waals surface area contributed by atoms with Gasteiger partial charge in [0.1, 0.15) is 5.82 Å². The molecule has 0 spiro atoms. The van der Waals surface area contributed by atoms with Gasteiger partial charge in [0.25, 0.3) is 0 Å². The number of rotatable bonds is 3. The molecule has 0 aromatic heterocycles. The van der Waals surface area contributed by atoms with Crippen LogP contribution in [0.25, 0.3) is 0 Å². The van der Waals surface area contributed by atoms with E-state index in [1.165, 1.54) is 19.2 Å². The SMILES string of the molecule is CCC(C(=O)OC)c1ccc(F)c(Cl)c1. The molecule has 1 aromatic carbocycles. The highest BCUT2D eigenvalue weighted by Gasteiger charge is 2.19. The Morgan fingerprint density at radius 2 is 2.27 bits per heavy atom. The standard InChI is InChI=1S/C11H12ClFO2/c1-3-8(11(14)15-2)7-4-5-10(13)9(12)6-7/h4-6,8H,3H2,1-2H3. The number of halogens is 2. The Kier molecular flexibility index (Phi) is 4.09. The normalized spacial score (nSPS) is 12.3. The summed E-state index contributed by atoms with van der Waals surface area (Å²) in [6, 6.07) is 4.26. The van der Waals surface area contributed by atoms with Crippen molar-refractivity contribution in [3.05, 3.63) is 34.6 Å². The Labute approximate surface area is 93.0 Å². The Bertz CT molecular complexity index is 366. The number of hydrogen-bond donors (Lipinski definition) is 0. The molecular formula is C11H12ClFO2. The highest BCUT2D eigenvalue weighted by atomic mass is 35.5. The van der Waals surface area contributed by atoms with E-state index in [1.807, 2.05) is 6.92 Å². The Balaban J connectivity index is 3.02. The molecule has 1 atom stereocenters. The molecule has 1 rings (SSSR count). The monoisotopic (exact) mass is 230 g/mol. The molecule has 0 amide bonds. The lowest BCUT2D eigenvalue weighted by Gasteiger charge is -2.12. The van der Waals surface area contributed by atoms with Crippen molar-refractivity contribution in [3.63, 3.8) is 0 Å². The molecule has 15 heavy (non-hydrogen) atoms. The molecule has 0 saturated carbocycles. The number of benzene rings is 1. The summed E-state index contributed by atoms with van der Waals surface area (Å²) in [5.41, 5.74) is 0.677. The molecule has 0 N–H and O–H groups in total. The van der Waals surface area contributed by atoms with Crippen molar-refractivity contribution in [1.29, 1.82) is 0 Å². The predicted molar refractivity (Wildman–Crippen MR) is 56.5 cm³/mol. The van der Waals surface area contributed by atoms with Crippen molar-refractivity contribution in [2.45, 2.75) is 19.3 Å². The van der Waals surface area contributed by atoms with Crippen LogP contribution < -0.4 is 0 Å². The van der Waals surface area contributed by atoms with Crippen molar-refractivity contribution in [2.24, 2.45) is 0 Å². The number of ether oxygens (including phenoxy) is 1. The number of methoxy groups -OCH3 is 1. The highest BCUT2D eigenvalue weighted by Crippen LogP contribution is 2.25. The quantitative estimate of drug-likeness (QED) is 0.746. The summed E-state index contributed by atoms with van der Waals surface area (Å²) in [4.78, 5) is 11.4. The van der Waals surface area contributed by atoms with E-state index < -0.39 is 5.82 Å². The maximum Gasteiger partial charge on any atom is 0.313 e. The first-order valence-corrected chi connectivity index (χ1v) is 5.00. The van der Waals surface area contributed by atoms with Crippen LogP contribution in [-0.2, 0) is 9.53 Å². The lowest BCUT2D eigenvalue weighted by molar-refractivity contribution is -0.142. The zero-order valence-corrected chi connectivity index (χ0v) is 9.34. The summed E-state index contributed by atoms with van der Waals surface area (Å²) in [5, 5.41) is 0.0230. The van der Waals surface area contributed by atoms with E-state index in [9.17, 15) is 9.18 Å². The van der Waals surface area contributed by atoms with E-state index >= 15 is 0 Å². The molecule has 1 aromatic rings. The fourth-order valence-electron chi connectivity index (χ4n) is 1.41. The number of carbonyl (C=O) groups excluding carboxylic acids is 1. The average molecular weight is 231 g/mol. The van der Waals surface area contributed by atoms with Gasteiger partial charge >= 0.3 is 5.97 Å². The van der Waals surface area contributed by atoms with Crippen LogP contribution in [0.5, 0.6) is 0 Å². The second kappa shape index (κ2) is 5.12. The van der Waals surface area contributed by atoms with Crippen molar-refractivity contribution < 1.29 is 13.9 Å². The van der Waals surface area contributed by atoms with E-state index in [4.69, 9.17) is 11.6 Å². The van der Waals surface area contributed by atoms with E-state index in [-0.39, 0.29) is 16.9 Å². The first-order valence-electron chi connectivity index (χ1n) is 4.63. The minimum Gasteiger partial charge on any atom is -0.469 e. The molecule has 0 aliphatic carbocycles. The summed E-state index contributed by atoms with van der Waals surface area (Å²) in [6.45, 7) is 1.86. The first-order chi connectivity index (χ1) is 7.10. The van der Waals surface area contributed by atoms with Crippen LogP contribution in [0.3, 0.4) is 0 Å². The minimum atomic E-state index is -0.486. The smallest absolute Gasteiger partial charge is 0.313 e. The molecule has 0 radical (unpaired) electrons. The van der Waals surface area contributed by atoms with Crippen LogP contribution in [0.1, 0.15) is 24.8 Å². The Hall–Kier alpha value is -1.09. The van der Waals surface area contributed by atoms with Gasteiger partial charge in [-0.05, 0) is 24.1 Å². The van der Waals surface area contributed by atoms with Gasteiger partial charge in [0.2, 0.25) is 0 Å². The summed E-state index contributed by atoms with van der Waals surface area (Å²) in [5.74, 6) is -1.20. The van der Waals surface area contributed by atoms with Crippen LogP contribution in [0.2, 0.25) is 5.02 Å². The topological polar surface area (TPSA) is 26.3 Å². The maximum atomic E-state index is 12.9. The average Bonchev–Trinajstić information content (AvgIpc) is 2.24. The van der Waals surface area contributed by atoms with E-state index in [0.29, 0.717) is 12.0 Å². The second-order valence-corrected chi connectivity index (χ2v) is 3.56. The Morgan fingerprint density at radius 3 is 2.73 bits per heavy atom. The summed E-state index contributed by atoms with van der Waals surface area (Å²) in [6.07, 6.45) is 0.592. The van der Waals surface area contributed by atoms with Gasteiger partial charge in [0.05, 0.1) is 18.1 Å². The predicted octanol–water partition coefficient (Wildman–Crippen LogP) is 3.15. The van der Waals surface area contributed by atoms with Gasteiger partial charge in [0, 0.05) is 0 Å². The molecule has 0 aliphatic heterocycles. The van der Waals surface area contributed by atoms with Crippen molar-refractivity contribution in [2.75, 3.05) is 7.11 Å². The van der Waals surface area contributed by atoms with Gasteiger partial charge in [-0.1, -0.05) is 24.6 Å². The van der Waals surface area contributed by atoms with Gasteiger partial charge in [-0.2, -0.15) is 0 Å². The third kappa shape index (κ3) is 2.69. The van der Waals surface area contributed by atoms with Crippen LogP contribution in [-0.4, -0.2) is 13.1 Å². The summed E-state index contributed by atoms with van der Waals surface area (Å²) < 4.78 is 17.6. The highest BCUT2D eigenvalue weighted by molar-refractivity contribution is 6.30. The maximum absolute atomic E-state index is 12.9. The van der Waals surface area contributed by atoms with Crippen molar-refractivity contribution in [1.82, 2.24) is 0 Å². The molecule has 2 nitrogen and oxygen atoms in total. The Morgan fingerprint density at radius 1 is 1.60 bits per heavy atom. The van der Waals surface area contributed by atoms with Gasteiger partial charge in [-0.25, -0.2) is 4.39 Å². The van der Waals surface area contributed by atoms with Gasteiger partial charge < -0.3 is 4.74 Å². The minimum absolute atomic E-state index is 0.0230. The van der Waals surface area contributed by atoms with E-state index in [2.05, 4.69) is 4.74 Å². The number of esters is 1. The van der Waals surface area contributed by atoms with Gasteiger partial charge in [-0.15, -0.1) is 0 Å². The molecule has 0 aliphatic rings. The lowest BCUT2D eigenvalue weighted by atomic mass is 9.97. The molecule has 0 saturated heterocycles. The van der Waals surface area contributed by atoms with Gasteiger partial charge in [-0.3, -0.25) is 4.79 Å². The lowest BCUT2D eigenvalue weighted by Crippen LogP contribution is -2.13. The van der Waals surface area contributed by atoms with Gasteiger partial charge in [0.15, 0.2) is 0 Å². The number of hydrogen-bond acceptors (Lipinski definition) is 2. The van der Waals surface area contributed by atoms with E-state index in [0.717, 1.165) is 0 Å². The largest absolute Gasteiger partial charge is 0.469 e. The summed E-state index contributed by atoms with van der Waals surface area (Å²) >= 11 is 5.64.